The molecule has 2 N–H and O–H groups in total. The van der Waals surface area contributed by atoms with E-state index in [2.05, 4.69) is 21.9 Å². The number of nitrogens with one attached hydrogen (secondary N) is 1. The lowest BCUT2D eigenvalue weighted by molar-refractivity contribution is -0.143. The van der Waals surface area contributed by atoms with E-state index in [0.717, 1.165) is 5.56 Å². The van der Waals surface area contributed by atoms with Gasteiger partial charge in [-0.15, -0.1) is 0 Å². The second-order valence-corrected chi connectivity index (χ2v) is 7.11. The molecular formula is C20H21N3O3. The Bertz CT molecular complexity index is 912. The third kappa shape index (κ3) is 3.48. The summed E-state index contributed by atoms with van der Waals surface area (Å²) in [6, 6.07) is 12.3. The first kappa shape index (κ1) is 17.8. The average molecular weight is 351 g/mol. The Balaban J connectivity index is 1.91. The van der Waals surface area contributed by atoms with E-state index in [1.807, 2.05) is 30.3 Å². The molecule has 0 saturated carbocycles. The summed E-state index contributed by atoms with van der Waals surface area (Å²) in [6.07, 6.45) is 0.361. The zero-order valence-corrected chi connectivity index (χ0v) is 15.2. The van der Waals surface area contributed by atoms with Crippen molar-refractivity contribution in [2.45, 2.75) is 33.9 Å². The van der Waals surface area contributed by atoms with Gasteiger partial charge in [-0.2, -0.15) is 0 Å². The monoisotopic (exact) mass is 351 g/mol. The van der Waals surface area contributed by atoms with Crippen molar-refractivity contribution >= 4 is 18.1 Å². The van der Waals surface area contributed by atoms with Crippen molar-refractivity contribution in [3.05, 3.63) is 47.2 Å². The Kier molecular flexibility index (Phi) is 4.58. The fraction of sp³-hybridized carbons (Fsp3) is 0.300. The van der Waals surface area contributed by atoms with Crippen molar-refractivity contribution in [1.82, 2.24) is 9.88 Å². The molecule has 1 unspecified atom stereocenters. The highest BCUT2D eigenvalue weighted by molar-refractivity contribution is 5.80. The zero-order chi connectivity index (χ0) is 18.9. The maximum atomic E-state index is 12.3. The van der Waals surface area contributed by atoms with Crippen LogP contribution in [0.5, 0.6) is 5.75 Å². The second kappa shape index (κ2) is 6.70. The number of benzene rings is 1. The third-order valence-corrected chi connectivity index (χ3v) is 3.89. The van der Waals surface area contributed by atoms with Crippen LogP contribution in [-0.4, -0.2) is 27.3 Å². The molecule has 1 aliphatic heterocycles. The molecule has 0 amide bonds. The Labute approximate surface area is 152 Å². The summed E-state index contributed by atoms with van der Waals surface area (Å²) in [5.74, 6) is 3.35. The minimum absolute atomic E-state index is 0.302. The molecule has 3 rings (SSSR count). The number of hydrogen-bond donors (Lipinski definition) is 2. The van der Waals surface area contributed by atoms with Gasteiger partial charge in [0.2, 0.25) is 0 Å². The van der Waals surface area contributed by atoms with E-state index in [-0.39, 0.29) is 5.97 Å². The van der Waals surface area contributed by atoms with Gasteiger partial charge in [-0.25, -0.2) is 4.99 Å². The molecule has 0 bridgehead atoms. The minimum atomic E-state index is -1.09. The molecule has 6 heteroatoms. The van der Waals surface area contributed by atoms with Crippen molar-refractivity contribution in [3.63, 3.8) is 0 Å². The van der Waals surface area contributed by atoms with Gasteiger partial charge in [-0.1, -0.05) is 18.2 Å². The van der Waals surface area contributed by atoms with Gasteiger partial charge in [-0.05, 0) is 45.7 Å². The SMILES string of the molecule is Cc1[nH]c2c(c1OC(=O)C(C)(C)C)C(O)N(C#Cc1ccccc1)C=N2. The molecule has 2 heterocycles. The predicted molar refractivity (Wildman–Crippen MR) is 98.9 cm³/mol. The highest BCUT2D eigenvalue weighted by Crippen LogP contribution is 2.41. The topological polar surface area (TPSA) is 77.9 Å². The summed E-state index contributed by atoms with van der Waals surface area (Å²) < 4.78 is 5.55. The molecule has 1 aliphatic rings. The molecule has 0 fully saturated rings. The molecule has 26 heavy (non-hydrogen) atoms. The quantitative estimate of drug-likeness (QED) is 0.611. The van der Waals surface area contributed by atoms with Gasteiger partial charge < -0.3 is 14.8 Å². The van der Waals surface area contributed by atoms with Crippen molar-refractivity contribution in [2.24, 2.45) is 10.4 Å². The van der Waals surface area contributed by atoms with Gasteiger partial charge >= 0.3 is 5.97 Å². The fourth-order valence-corrected chi connectivity index (χ4v) is 2.39. The van der Waals surface area contributed by atoms with Crippen molar-refractivity contribution in [3.8, 4) is 17.7 Å². The Morgan fingerprint density at radius 2 is 2.00 bits per heavy atom. The van der Waals surface area contributed by atoms with E-state index in [1.54, 1.807) is 27.7 Å². The fourth-order valence-electron chi connectivity index (χ4n) is 2.39. The number of hydrogen-bond acceptors (Lipinski definition) is 5. The first-order chi connectivity index (χ1) is 12.3. The van der Waals surface area contributed by atoms with Crippen LogP contribution in [0.4, 0.5) is 5.82 Å². The number of aryl methyl sites for hydroxylation is 1. The number of ether oxygens (including phenoxy) is 1. The minimum Gasteiger partial charge on any atom is -0.424 e. The number of aliphatic hydroxyl groups excluding tert-OH is 1. The lowest BCUT2D eigenvalue weighted by atomic mass is 9.97. The van der Waals surface area contributed by atoms with Gasteiger partial charge in [0.15, 0.2) is 12.0 Å². The van der Waals surface area contributed by atoms with Crippen molar-refractivity contribution < 1.29 is 14.6 Å². The summed E-state index contributed by atoms with van der Waals surface area (Å²) in [6.45, 7) is 7.09. The van der Waals surface area contributed by atoms with E-state index in [4.69, 9.17) is 4.74 Å². The molecule has 0 saturated heterocycles. The lowest BCUT2D eigenvalue weighted by Gasteiger charge is -2.24. The Morgan fingerprint density at radius 1 is 1.31 bits per heavy atom. The zero-order valence-electron chi connectivity index (χ0n) is 15.2. The van der Waals surface area contributed by atoms with E-state index in [0.29, 0.717) is 22.8 Å². The molecule has 6 nitrogen and oxygen atoms in total. The molecule has 134 valence electrons. The van der Waals surface area contributed by atoms with Gasteiger partial charge in [0.05, 0.1) is 16.7 Å². The van der Waals surface area contributed by atoms with Crippen LogP contribution in [0, 0.1) is 24.3 Å². The summed E-state index contributed by atoms with van der Waals surface area (Å²) in [5.41, 5.74) is 1.20. The molecule has 0 aliphatic carbocycles. The van der Waals surface area contributed by atoms with Gasteiger partial charge in [0.1, 0.15) is 12.2 Å². The number of carbonyl (C=O) groups excluding carboxylic acids is 1. The Morgan fingerprint density at radius 3 is 2.65 bits per heavy atom. The number of nitrogens with zero attached hydrogens (tertiary/aromatic N) is 2. The number of fused-ring (bicyclic) bond motifs is 1. The maximum Gasteiger partial charge on any atom is 0.316 e. The number of carbonyl (C=O) groups is 1. The van der Waals surface area contributed by atoms with Crippen molar-refractivity contribution in [2.75, 3.05) is 0 Å². The van der Waals surface area contributed by atoms with Gasteiger partial charge in [-0.3, -0.25) is 9.69 Å². The van der Waals surface area contributed by atoms with Crippen LogP contribution in [0.1, 0.15) is 43.8 Å². The van der Waals surface area contributed by atoms with Crippen LogP contribution in [0.2, 0.25) is 0 Å². The number of H-pyrrole nitrogens is 1. The van der Waals surface area contributed by atoms with Crippen LogP contribution in [0.15, 0.2) is 35.3 Å². The predicted octanol–water partition coefficient (Wildman–Crippen LogP) is 3.25. The summed E-state index contributed by atoms with van der Waals surface area (Å²) in [5, 5.41) is 10.7. The van der Waals surface area contributed by atoms with Gasteiger partial charge in [0.25, 0.3) is 0 Å². The number of esters is 1. The highest BCUT2D eigenvalue weighted by Gasteiger charge is 2.32. The third-order valence-electron chi connectivity index (χ3n) is 3.89. The molecule has 0 radical (unpaired) electrons. The maximum absolute atomic E-state index is 12.3. The smallest absolute Gasteiger partial charge is 0.316 e. The molecular weight excluding hydrogens is 330 g/mol. The molecule has 1 aromatic carbocycles. The van der Waals surface area contributed by atoms with E-state index >= 15 is 0 Å². The second-order valence-electron chi connectivity index (χ2n) is 7.11. The Hall–Kier alpha value is -3.04. The molecule has 1 aromatic heterocycles. The van der Waals surface area contributed by atoms with Crippen LogP contribution in [0.3, 0.4) is 0 Å². The molecule has 0 spiro atoms. The first-order valence-electron chi connectivity index (χ1n) is 8.29. The van der Waals surface area contributed by atoms with Crippen LogP contribution >= 0.6 is 0 Å². The highest BCUT2D eigenvalue weighted by atomic mass is 16.5. The van der Waals surface area contributed by atoms with Gasteiger partial charge in [0, 0.05) is 11.6 Å². The first-order valence-corrected chi connectivity index (χ1v) is 8.29. The lowest BCUT2D eigenvalue weighted by Crippen LogP contribution is -2.28. The normalized spacial score (nSPS) is 15.9. The summed E-state index contributed by atoms with van der Waals surface area (Å²) >= 11 is 0. The number of aliphatic hydroxyl groups is 1. The number of aliphatic imine (C=N–C) groups is 1. The number of aromatic nitrogens is 1. The van der Waals surface area contributed by atoms with E-state index in [9.17, 15) is 9.90 Å². The summed E-state index contributed by atoms with van der Waals surface area (Å²) in [7, 11) is 0. The number of aromatic amines is 1. The standard InChI is InChI=1S/C20H21N3O3/c1-13-16(26-19(25)20(2,3)4)15-17(22-13)21-12-23(18(15)24)11-10-14-8-6-5-7-9-14/h5-9,12,18,22,24H,1-4H3. The average Bonchev–Trinajstić information content (AvgIpc) is 2.91. The van der Waals surface area contributed by atoms with E-state index < -0.39 is 11.6 Å². The van der Waals surface area contributed by atoms with Crippen LogP contribution < -0.4 is 4.74 Å². The molecule has 1 atom stereocenters. The molecule has 2 aromatic rings. The van der Waals surface area contributed by atoms with E-state index in [1.165, 1.54) is 11.2 Å². The summed E-state index contributed by atoms with van der Waals surface area (Å²) in [4.78, 5) is 21.0. The van der Waals surface area contributed by atoms with Crippen LogP contribution in [0.25, 0.3) is 0 Å². The largest absolute Gasteiger partial charge is 0.424 e. The van der Waals surface area contributed by atoms with Crippen LogP contribution in [-0.2, 0) is 4.79 Å². The van der Waals surface area contributed by atoms with Crippen molar-refractivity contribution in [1.29, 1.82) is 0 Å². The number of rotatable bonds is 1.